The van der Waals surface area contributed by atoms with Gasteiger partial charge in [-0.3, -0.25) is 14.6 Å². The summed E-state index contributed by atoms with van der Waals surface area (Å²) in [5.74, 6) is 1.36. The van der Waals surface area contributed by atoms with Crippen LogP contribution in [0.2, 0.25) is 0 Å². The molecule has 2 fully saturated rings. The Balaban J connectivity index is 1.31. The van der Waals surface area contributed by atoms with Crippen LogP contribution < -0.4 is 15.5 Å². The molecule has 1 saturated heterocycles. The maximum absolute atomic E-state index is 13.2. The van der Waals surface area contributed by atoms with Crippen molar-refractivity contribution in [2.24, 2.45) is 17.6 Å². The summed E-state index contributed by atoms with van der Waals surface area (Å²) >= 11 is 0. The predicted octanol–water partition coefficient (Wildman–Crippen LogP) is 3.42. The molecule has 2 aliphatic rings. The van der Waals surface area contributed by atoms with Crippen molar-refractivity contribution in [3.8, 4) is 11.5 Å². The highest BCUT2D eigenvalue weighted by Crippen LogP contribution is 2.38. The van der Waals surface area contributed by atoms with E-state index in [-0.39, 0.29) is 23.9 Å². The third-order valence-electron chi connectivity index (χ3n) is 6.64. The van der Waals surface area contributed by atoms with Crippen molar-refractivity contribution in [3.05, 3.63) is 54.4 Å². The first-order valence-electron chi connectivity index (χ1n) is 11.8. The van der Waals surface area contributed by atoms with Gasteiger partial charge in [-0.15, -0.1) is 10.2 Å². The van der Waals surface area contributed by atoms with Gasteiger partial charge in [0, 0.05) is 30.7 Å². The van der Waals surface area contributed by atoms with Crippen LogP contribution in [0.3, 0.4) is 0 Å². The van der Waals surface area contributed by atoms with Crippen LogP contribution in [0, 0.1) is 11.8 Å². The molecule has 1 aliphatic carbocycles. The van der Waals surface area contributed by atoms with Crippen molar-refractivity contribution >= 4 is 23.4 Å². The number of amides is 3. The molecule has 9 nitrogen and oxygen atoms in total. The van der Waals surface area contributed by atoms with E-state index >= 15 is 0 Å². The number of urea groups is 1. The Kier molecular flexibility index (Phi) is 5.77. The smallest absolute Gasteiger partial charge is 0.330 e. The zero-order valence-corrected chi connectivity index (χ0v) is 19.5. The highest BCUT2D eigenvalue weighted by molar-refractivity contribution is 6.05. The van der Waals surface area contributed by atoms with Crippen LogP contribution in [0.5, 0.6) is 0 Å². The number of primary amides is 1. The van der Waals surface area contributed by atoms with Gasteiger partial charge in [0.1, 0.15) is 17.8 Å². The first-order chi connectivity index (χ1) is 16.4. The van der Waals surface area contributed by atoms with Crippen molar-refractivity contribution in [2.75, 3.05) is 22.9 Å². The van der Waals surface area contributed by atoms with Crippen LogP contribution >= 0.6 is 0 Å². The van der Waals surface area contributed by atoms with Crippen LogP contribution in [0.4, 0.5) is 16.3 Å². The summed E-state index contributed by atoms with van der Waals surface area (Å²) in [6.45, 7) is 5.23. The topological polar surface area (TPSA) is 110 Å². The zero-order chi connectivity index (χ0) is 23.8. The molecule has 34 heavy (non-hydrogen) atoms. The number of nitrogens with zero attached hydrogens (tertiary/aromatic N) is 6. The molecule has 1 aromatic carbocycles. The molecule has 2 N–H and O–H groups in total. The summed E-state index contributed by atoms with van der Waals surface area (Å²) in [4.78, 5) is 33.2. The number of benzene rings is 1. The third-order valence-corrected chi connectivity index (χ3v) is 6.64. The molecule has 1 saturated carbocycles. The lowest BCUT2D eigenvalue weighted by atomic mass is 9.94. The fourth-order valence-electron chi connectivity index (χ4n) is 4.56. The molecule has 9 heteroatoms. The lowest BCUT2D eigenvalue weighted by molar-refractivity contribution is -0.122. The molecule has 2 aromatic heterocycles. The summed E-state index contributed by atoms with van der Waals surface area (Å²) in [7, 11) is 0. The van der Waals surface area contributed by atoms with Gasteiger partial charge in [-0.25, -0.2) is 9.78 Å². The second-order valence-corrected chi connectivity index (χ2v) is 9.34. The predicted molar refractivity (Wildman–Crippen MR) is 129 cm³/mol. The monoisotopic (exact) mass is 459 g/mol. The second-order valence-electron chi connectivity index (χ2n) is 9.34. The second kappa shape index (κ2) is 8.89. The molecule has 176 valence electrons. The number of carbonyl (C=O) groups excluding carboxylic acids is 2. The molecule has 1 atom stereocenters. The molecular formula is C25H29N7O2. The number of anilines is 2. The number of pyridine rings is 1. The SMILES string of the molecule is CC(C)n1cnnc1-c1cccc(N2CCN(c3ccc(CC(C(N)=O)C4CC4)cc3)C2=O)n1. The van der Waals surface area contributed by atoms with E-state index in [0.29, 0.717) is 42.8 Å². The average Bonchev–Trinajstić information content (AvgIpc) is 3.40. The number of rotatable bonds is 8. The Morgan fingerprint density at radius 1 is 1.09 bits per heavy atom. The molecule has 0 bridgehead atoms. The van der Waals surface area contributed by atoms with Crippen LogP contribution in [-0.4, -0.2) is 44.8 Å². The van der Waals surface area contributed by atoms with Crippen LogP contribution in [0.15, 0.2) is 48.8 Å². The van der Waals surface area contributed by atoms with E-state index in [2.05, 4.69) is 24.0 Å². The summed E-state index contributed by atoms with van der Waals surface area (Å²) in [6.07, 6.45) is 4.50. The Morgan fingerprint density at radius 2 is 1.82 bits per heavy atom. The van der Waals surface area contributed by atoms with Gasteiger partial charge in [0.25, 0.3) is 0 Å². The van der Waals surface area contributed by atoms with E-state index in [0.717, 1.165) is 24.1 Å². The number of hydrogen-bond acceptors (Lipinski definition) is 5. The fraction of sp³-hybridized carbons (Fsp3) is 0.400. The van der Waals surface area contributed by atoms with Gasteiger partial charge in [0.15, 0.2) is 5.82 Å². The number of carbonyl (C=O) groups is 2. The maximum Gasteiger partial charge on any atom is 0.330 e. The minimum absolute atomic E-state index is 0.102. The Hall–Kier alpha value is -3.75. The first kappa shape index (κ1) is 22.1. The molecule has 5 rings (SSSR count). The van der Waals surface area contributed by atoms with Crippen molar-refractivity contribution in [1.29, 1.82) is 0 Å². The van der Waals surface area contributed by atoms with Gasteiger partial charge in [-0.2, -0.15) is 0 Å². The number of nitrogens with two attached hydrogens (primary N) is 1. The zero-order valence-electron chi connectivity index (χ0n) is 19.5. The van der Waals surface area contributed by atoms with Crippen LogP contribution in [0.1, 0.15) is 38.3 Å². The van der Waals surface area contributed by atoms with Crippen LogP contribution in [-0.2, 0) is 11.2 Å². The highest BCUT2D eigenvalue weighted by atomic mass is 16.2. The largest absolute Gasteiger partial charge is 0.369 e. The fourth-order valence-corrected chi connectivity index (χ4v) is 4.56. The number of hydrogen-bond donors (Lipinski definition) is 1. The molecule has 0 spiro atoms. The summed E-state index contributed by atoms with van der Waals surface area (Å²) in [5.41, 5.74) is 8.17. The van der Waals surface area contributed by atoms with Gasteiger partial charge in [0.05, 0.1) is 0 Å². The summed E-state index contributed by atoms with van der Waals surface area (Å²) in [6, 6.07) is 13.5. The third kappa shape index (κ3) is 4.25. The Morgan fingerprint density at radius 3 is 2.50 bits per heavy atom. The minimum atomic E-state index is -0.224. The van der Waals surface area contributed by atoms with E-state index in [1.165, 1.54) is 0 Å². The number of aromatic nitrogens is 4. The molecular weight excluding hydrogens is 430 g/mol. The molecule has 1 unspecified atom stereocenters. The van der Waals surface area contributed by atoms with E-state index in [4.69, 9.17) is 10.7 Å². The highest BCUT2D eigenvalue weighted by Gasteiger charge is 2.35. The van der Waals surface area contributed by atoms with Crippen molar-refractivity contribution in [1.82, 2.24) is 19.7 Å². The summed E-state index contributed by atoms with van der Waals surface area (Å²) in [5, 5.41) is 8.24. The molecule has 0 radical (unpaired) electrons. The van der Waals surface area contributed by atoms with Gasteiger partial charge >= 0.3 is 6.03 Å². The van der Waals surface area contributed by atoms with E-state index in [1.807, 2.05) is 47.0 Å². The van der Waals surface area contributed by atoms with E-state index < -0.39 is 0 Å². The van der Waals surface area contributed by atoms with Crippen molar-refractivity contribution < 1.29 is 9.59 Å². The molecule has 1 aliphatic heterocycles. The minimum Gasteiger partial charge on any atom is -0.369 e. The van der Waals surface area contributed by atoms with Crippen molar-refractivity contribution in [2.45, 2.75) is 39.2 Å². The average molecular weight is 460 g/mol. The molecule has 3 heterocycles. The quantitative estimate of drug-likeness (QED) is 0.555. The molecule has 3 aromatic rings. The van der Waals surface area contributed by atoms with E-state index in [9.17, 15) is 9.59 Å². The lowest BCUT2D eigenvalue weighted by Crippen LogP contribution is -2.32. The Bertz CT molecular complexity index is 1200. The normalized spacial score (nSPS) is 17.0. The van der Waals surface area contributed by atoms with E-state index in [1.54, 1.807) is 16.1 Å². The van der Waals surface area contributed by atoms with Gasteiger partial charge in [-0.05, 0) is 68.9 Å². The molecule has 3 amide bonds. The van der Waals surface area contributed by atoms with Gasteiger partial charge in [-0.1, -0.05) is 18.2 Å². The standard InChI is InChI=1S/C25H29N7O2/c1-16(2)32-15-27-29-24(32)21-4-3-5-22(28-21)31-13-12-30(25(31)34)19-10-6-17(7-11-19)14-20(23(26)33)18-8-9-18/h3-7,10-11,15-16,18,20H,8-9,12-14H2,1-2H3,(H2,26,33). The van der Waals surface area contributed by atoms with Crippen molar-refractivity contribution in [3.63, 3.8) is 0 Å². The Labute approximate surface area is 198 Å². The first-order valence-corrected chi connectivity index (χ1v) is 11.8. The van der Waals surface area contributed by atoms with Crippen LogP contribution in [0.25, 0.3) is 11.5 Å². The van der Waals surface area contributed by atoms with Gasteiger partial charge in [0.2, 0.25) is 5.91 Å². The van der Waals surface area contributed by atoms with Gasteiger partial charge < -0.3 is 10.3 Å². The maximum atomic E-state index is 13.2. The lowest BCUT2D eigenvalue weighted by Gasteiger charge is -2.19. The summed E-state index contributed by atoms with van der Waals surface area (Å²) < 4.78 is 1.96.